The summed E-state index contributed by atoms with van der Waals surface area (Å²) in [6, 6.07) is 0. The highest BCUT2D eigenvalue weighted by Gasteiger charge is 2.31. The molecule has 0 aliphatic heterocycles. The number of carbonyl (C=O) groups is 2. The van der Waals surface area contributed by atoms with E-state index < -0.39 is 5.97 Å². The van der Waals surface area contributed by atoms with E-state index >= 15 is 0 Å². The van der Waals surface area contributed by atoms with Crippen molar-refractivity contribution in [3.05, 3.63) is 10.4 Å². The van der Waals surface area contributed by atoms with Crippen LogP contribution in [-0.4, -0.2) is 17.0 Å². The maximum atomic E-state index is 11.8. The van der Waals surface area contributed by atoms with Gasteiger partial charge in [-0.3, -0.25) is 9.59 Å². The minimum atomic E-state index is -0.971. The molecule has 1 aromatic rings. The highest BCUT2D eigenvalue weighted by atomic mass is 32.1. The first-order valence-electron chi connectivity index (χ1n) is 7.60. The fourth-order valence-corrected chi connectivity index (χ4v) is 4.12. The van der Waals surface area contributed by atoms with Gasteiger partial charge in [-0.2, -0.15) is 0 Å². The smallest absolute Gasteiger partial charge is 0.303 e. The van der Waals surface area contributed by atoms with Crippen LogP contribution in [0.5, 0.6) is 0 Å². The summed E-state index contributed by atoms with van der Waals surface area (Å²) in [6.07, 6.45) is 2.87. The molecule has 0 saturated heterocycles. The second kappa shape index (κ2) is 6.28. The number of carbonyl (C=O) groups excluding carboxylic acids is 1. The lowest BCUT2D eigenvalue weighted by Crippen LogP contribution is -2.26. The summed E-state index contributed by atoms with van der Waals surface area (Å²) in [4.78, 5) is 23.6. The van der Waals surface area contributed by atoms with E-state index in [-0.39, 0.29) is 24.2 Å². The molecule has 122 valence electrons. The maximum absolute atomic E-state index is 11.8. The quantitative estimate of drug-likeness (QED) is 0.792. The van der Waals surface area contributed by atoms with Gasteiger partial charge in [0.25, 0.3) is 0 Å². The summed E-state index contributed by atoms with van der Waals surface area (Å²) in [5, 5.41) is 12.1. The lowest BCUT2D eigenvalue weighted by molar-refractivity contribution is -0.138. The Bertz CT molecular complexity index is 587. The first-order chi connectivity index (χ1) is 10.2. The molecule has 22 heavy (non-hydrogen) atoms. The number of hydrogen-bond donors (Lipinski definition) is 3. The van der Waals surface area contributed by atoms with Crippen LogP contribution < -0.4 is 11.1 Å². The van der Waals surface area contributed by atoms with E-state index in [1.54, 1.807) is 11.3 Å². The number of amides is 1. The number of nitrogen functional groups attached to an aromatic ring is 1. The number of anilines is 2. The molecule has 1 heterocycles. The van der Waals surface area contributed by atoms with Gasteiger partial charge in [0.15, 0.2) is 0 Å². The molecular formula is C16H24N2O3S. The monoisotopic (exact) mass is 324 g/mol. The first-order valence-corrected chi connectivity index (χ1v) is 8.41. The van der Waals surface area contributed by atoms with E-state index in [1.807, 2.05) is 0 Å². The van der Waals surface area contributed by atoms with Crippen molar-refractivity contribution in [2.45, 2.75) is 52.9 Å². The zero-order valence-corrected chi connectivity index (χ0v) is 14.2. The minimum absolute atomic E-state index is 0.0258. The molecule has 1 atom stereocenters. The average Bonchev–Trinajstić information content (AvgIpc) is 2.72. The van der Waals surface area contributed by atoms with E-state index in [0.29, 0.717) is 16.6 Å². The predicted octanol–water partition coefficient (Wildman–Crippen LogP) is 3.28. The van der Waals surface area contributed by atoms with E-state index in [4.69, 9.17) is 10.8 Å². The Hall–Kier alpha value is -1.56. The zero-order valence-electron chi connectivity index (χ0n) is 13.4. The molecule has 0 aromatic carbocycles. The SMILES string of the molecule is CC(C)(C)C1CCc2c(sc(NC(=O)CCC(=O)O)c2N)C1. The van der Waals surface area contributed by atoms with Gasteiger partial charge in [-0.05, 0) is 36.2 Å². The number of aliphatic carboxylic acids is 1. The molecule has 4 N–H and O–H groups in total. The van der Waals surface area contributed by atoms with Crippen LogP contribution >= 0.6 is 11.3 Å². The Kier molecular flexibility index (Phi) is 4.80. The number of fused-ring (bicyclic) bond motifs is 1. The Morgan fingerprint density at radius 3 is 2.64 bits per heavy atom. The van der Waals surface area contributed by atoms with Gasteiger partial charge in [-0.25, -0.2) is 0 Å². The Morgan fingerprint density at radius 2 is 2.05 bits per heavy atom. The van der Waals surface area contributed by atoms with Crippen molar-refractivity contribution in [2.75, 3.05) is 11.1 Å². The zero-order chi connectivity index (χ0) is 16.5. The van der Waals surface area contributed by atoms with Crippen LogP contribution in [0.3, 0.4) is 0 Å². The van der Waals surface area contributed by atoms with Gasteiger partial charge in [0, 0.05) is 11.3 Å². The summed E-state index contributed by atoms with van der Waals surface area (Å²) < 4.78 is 0. The number of nitrogens with one attached hydrogen (secondary N) is 1. The lowest BCUT2D eigenvalue weighted by Gasteiger charge is -2.33. The van der Waals surface area contributed by atoms with Crippen LogP contribution in [0.25, 0.3) is 0 Å². The normalized spacial score (nSPS) is 17.9. The topological polar surface area (TPSA) is 92.4 Å². The largest absolute Gasteiger partial charge is 0.481 e. The minimum Gasteiger partial charge on any atom is -0.481 e. The van der Waals surface area contributed by atoms with Gasteiger partial charge >= 0.3 is 5.97 Å². The summed E-state index contributed by atoms with van der Waals surface area (Å²) in [5.74, 6) is -0.643. The number of rotatable bonds is 4. The van der Waals surface area contributed by atoms with Crippen molar-refractivity contribution in [1.29, 1.82) is 0 Å². The average molecular weight is 324 g/mol. The van der Waals surface area contributed by atoms with E-state index in [2.05, 4.69) is 26.1 Å². The molecule has 2 rings (SSSR count). The van der Waals surface area contributed by atoms with Crippen LogP contribution in [0, 0.1) is 11.3 Å². The molecule has 1 aliphatic rings. The van der Waals surface area contributed by atoms with Gasteiger partial charge in [-0.15, -0.1) is 11.3 Å². The third-order valence-electron chi connectivity index (χ3n) is 4.35. The summed E-state index contributed by atoms with van der Waals surface area (Å²) >= 11 is 1.54. The van der Waals surface area contributed by atoms with Gasteiger partial charge in [0.2, 0.25) is 5.91 Å². The number of hydrogen-bond acceptors (Lipinski definition) is 4. The third-order valence-corrected chi connectivity index (χ3v) is 5.54. The number of thiophene rings is 1. The van der Waals surface area contributed by atoms with Crippen molar-refractivity contribution in [1.82, 2.24) is 0 Å². The van der Waals surface area contributed by atoms with E-state index in [1.165, 1.54) is 10.4 Å². The summed E-state index contributed by atoms with van der Waals surface area (Å²) in [5.41, 5.74) is 8.26. The summed E-state index contributed by atoms with van der Waals surface area (Å²) in [6.45, 7) is 6.77. The molecule has 0 bridgehead atoms. The molecule has 1 unspecified atom stereocenters. The predicted molar refractivity (Wildman–Crippen MR) is 89.2 cm³/mol. The second-order valence-electron chi connectivity index (χ2n) is 6.99. The third kappa shape index (κ3) is 3.80. The van der Waals surface area contributed by atoms with E-state index in [9.17, 15) is 9.59 Å². The summed E-state index contributed by atoms with van der Waals surface area (Å²) in [7, 11) is 0. The van der Waals surface area contributed by atoms with E-state index in [0.717, 1.165) is 19.3 Å². The first kappa shape index (κ1) is 16.8. The van der Waals surface area contributed by atoms with Gasteiger partial charge in [0.1, 0.15) is 5.00 Å². The van der Waals surface area contributed by atoms with Crippen molar-refractivity contribution in [2.24, 2.45) is 11.3 Å². The maximum Gasteiger partial charge on any atom is 0.303 e. The molecule has 1 aliphatic carbocycles. The second-order valence-corrected chi connectivity index (χ2v) is 8.10. The van der Waals surface area contributed by atoms with Crippen LogP contribution in [0.4, 0.5) is 10.7 Å². The number of carboxylic acids is 1. The molecule has 0 spiro atoms. The Morgan fingerprint density at radius 1 is 1.36 bits per heavy atom. The molecule has 0 fully saturated rings. The Labute approximate surface area is 134 Å². The standard InChI is InChI=1S/C16H24N2O3S/c1-16(2,3)9-4-5-10-11(8-9)22-15(14(10)17)18-12(19)6-7-13(20)21/h9H,4-8,17H2,1-3H3,(H,18,19)(H,20,21). The number of nitrogens with two attached hydrogens (primary N) is 1. The van der Waals surface area contributed by atoms with Gasteiger partial charge in [0.05, 0.1) is 12.1 Å². The lowest BCUT2D eigenvalue weighted by atomic mass is 9.72. The van der Waals surface area contributed by atoms with Crippen LogP contribution in [0.2, 0.25) is 0 Å². The molecule has 1 amide bonds. The molecular weight excluding hydrogens is 300 g/mol. The van der Waals surface area contributed by atoms with Crippen LogP contribution in [0.1, 0.15) is 50.5 Å². The van der Waals surface area contributed by atoms with Gasteiger partial charge in [-0.1, -0.05) is 20.8 Å². The highest BCUT2D eigenvalue weighted by Crippen LogP contribution is 2.45. The molecule has 6 heteroatoms. The molecule has 0 saturated carbocycles. The van der Waals surface area contributed by atoms with Crippen molar-refractivity contribution in [3.8, 4) is 0 Å². The fraction of sp³-hybridized carbons (Fsp3) is 0.625. The highest BCUT2D eigenvalue weighted by molar-refractivity contribution is 7.17. The fourth-order valence-electron chi connectivity index (χ4n) is 2.85. The Balaban J connectivity index is 2.09. The van der Waals surface area contributed by atoms with Crippen molar-refractivity contribution in [3.63, 3.8) is 0 Å². The molecule has 5 nitrogen and oxygen atoms in total. The van der Waals surface area contributed by atoms with Gasteiger partial charge < -0.3 is 16.2 Å². The molecule has 0 radical (unpaired) electrons. The van der Waals surface area contributed by atoms with Crippen LogP contribution in [-0.2, 0) is 22.4 Å². The van der Waals surface area contributed by atoms with Crippen molar-refractivity contribution >= 4 is 33.9 Å². The number of carboxylic acid groups (broad SMARTS) is 1. The van der Waals surface area contributed by atoms with Crippen molar-refractivity contribution < 1.29 is 14.7 Å². The van der Waals surface area contributed by atoms with Crippen LogP contribution in [0.15, 0.2) is 0 Å². The molecule has 1 aromatic heterocycles.